The van der Waals surface area contributed by atoms with Crippen LogP contribution in [0.1, 0.15) is 27.2 Å². The summed E-state index contributed by atoms with van der Waals surface area (Å²) in [5.74, 6) is 0. The summed E-state index contributed by atoms with van der Waals surface area (Å²) in [6, 6.07) is 0. The van der Waals surface area contributed by atoms with Crippen molar-refractivity contribution in [2.45, 2.75) is 32.8 Å². The van der Waals surface area contributed by atoms with Crippen LogP contribution in [0.3, 0.4) is 0 Å². The van der Waals surface area contributed by atoms with E-state index in [1.54, 1.807) is 20.8 Å². The second-order valence-electron chi connectivity index (χ2n) is 5.25. The molecule has 0 aromatic carbocycles. The fourth-order valence-corrected chi connectivity index (χ4v) is 1.08. The number of hydrogen-bond acceptors (Lipinski definition) is 7. The molecule has 0 atom stereocenters. The molecular weight excluding hydrogens is 290 g/mol. The fourth-order valence-electron chi connectivity index (χ4n) is 1.08. The lowest BCUT2D eigenvalue weighted by molar-refractivity contribution is -0.130. The molecule has 0 saturated carbocycles. The van der Waals surface area contributed by atoms with Gasteiger partial charge in [-0.1, -0.05) is 0 Å². The molecule has 0 rings (SSSR count). The molecule has 4 N–H and O–H groups in total. The molecule has 0 aliphatic rings. The van der Waals surface area contributed by atoms with Gasteiger partial charge >= 0.3 is 6.09 Å². The Balaban J connectivity index is 0. The average molecular weight is 321 g/mol. The minimum atomic E-state index is -0.497. The zero-order valence-corrected chi connectivity index (χ0v) is 14.1. The monoisotopic (exact) mass is 321 g/mol. The van der Waals surface area contributed by atoms with Crippen LogP contribution in [-0.4, -0.2) is 64.7 Å². The maximum atomic E-state index is 11.1. The summed E-state index contributed by atoms with van der Waals surface area (Å²) in [5, 5.41) is 5.52. The number of carbonyl (C=O) groups excluding carboxylic acids is 2. The van der Waals surface area contributed by atoms with Gasteiger partial charge in [0.1, 0.15) is 12.2 Å². The molecule has 0 aromatic heterocycles. The number of amides is 1. The van der Waals surface area contributed by atoms with Crippen LogP contribution >= 0.6 is 0 Å². The van der Waals surface area contributed by atoms with Crippen molar-refractivity contribution >= 4 is 12.6 Å². The number of hydrogen-bond donors (Lipinski definition) is 3. The summed E-state index contributed by atoms with van der Waals surface area (Å²) in [4.78, 5) is 20.9. The maximum Gasteiger partial charge on any atom is 0.407 e. The topological polar surface area (TPSA) is 112 Å². The molecule has 8 heteroatoms. The van der Waals surface area contributed by atoms with Gasteiger partial charge in [0.05, 0.1) is 13.2 Å². The van der Waals surface area contributed by atoms with Crippen molar-refractivity contribution < 1.29 is 23.8 Å². The van der Waals surface area contributed by atoms with E-state index in [1.165, 1.54) is 0 Å². The van der Waals surface area contributed by atoms with Crippen molar-refractivity contribution in [3.05, 3.63) is 0 Å². The Hall–Kier alpha value is -1.38. The molecule has 0 spiro atoms. The molecule has 0 aliphatic carbocycles. The molecule has 132 valence electrons. The van der Waals surface area contributed by atoms with Crippen molar-refractivity contribution in [2.75, 3.05) is 46.5 Å². The third-order valence-electron chi connectivity index (χ3n) is 1.96. The lowest BCUT2D eigenvalue weighted by atomic mass is 10.2. The molecule has 0 saturated heterocycles. The average Bonchev–Trinajstić information content (AvgIpc) is 2.43. The van der Waals surface area contributed by atoms with Crippen molar-refractivity contribution in [1.29, 1.82) is 0 Å². The molecule has 0 bridgehead atoms. The Labute approximate surface area is 133 Å². The minimum absolute atomic E-state index is 0.218. The quantitative estimate of drug-likeness (QED) is 0.391. The molecule has 0 aromatic rings. The first kappa shape index (κ1) is 22.9. The Morgan fingerprint density at radius 2 is 1.86 bits per heavy atom. The van der Waals surface area contributed by atoms with Crippen LogP contribution in [0, 0.1) is 0 Å². The summed E-state index contributed by atoms with van der Waals surface area (Å²) in [7, 11) is 1.93. The van der Waals surface area contributed by atoms with Crippen molar-refractivity contribution in [3.8, 4) is 0 Å². The van der Waals surface area contributed by atoms with Gasteiger partial charge in [-0.15, -0.1) is 0 Å². The van der Waals surface area contributed by atoms with Gasteiger partial charge in [-0.3, -0.25) is 4.79 Å². The predicted octanol–water partition coefficient (Wildman–Crippen LogP) is 0.255. The van der Waals surface area contributed by atoms with E-state index in [-0.39, 0.29) is 6.61 Å². The van der Waals surface area contributed by atoms with E-state index in [9.17, 15) is 9.59 Å². The summed E-state index contributed by atoms with van der Waals surface area (Å²) >= 11 is 0. The van der Waals surface area contributed by atoms with Crippen molar-refractivity contribution in [3.63, 3.8) is 0 Å². The third kappa shape index (κ3) is 23.7. The number of rotatable bonds is 10. The van der Waals surface area contributed by atoms with Gasteiger partial charge in [-0.25, -0.2) is 4.79 Å². The van der Waals surface area contributed by atoms with Gasteiger partial charge in [0, 0.05) is 6.54 Å². The smallest absolute Gasteiger partial charge is 0.407 e. The van der Waals surface area contributed by atoms with E-state index in [2.05, 4.69) is 15.4 Å². The highest BCUT2D eigenvalue weighted by molar-refractivity contribution is 5.67. The van der Waals surface area contributed by atoms with Crippen LogP contribution in [0.5, 0.6) is 0 Å². The molecule has 0 radical (unpaired) electrons. The van der Waals surface area contributed by atoms with Crippen LogP contribution in [0.4, 0.5) is 4.79 Å². The van der Waals surface area contributed by atoms with Crippen molar-refractivity contribution in [1.82, 2.24) is 10.6 Å². The zero-order chi connectivity index (χ0) is 17.3. The maximum absolute atomic E-state index is 11.1. The first-order valence-electron chi connectivity index (χ1n) is 7.32. The summed E-state index contributed by atoms with van der Waals surface area (Å²) in [6.45, 7) is 8.81. The largest absolute Gasteiger partial charge is 0.465 e. The van der Waals surface area contributed by atoms with E-state index in [0.717, 1.165) is 19.5 Å². The van der Waals surface area contributed by atoms with Gasteiger partial charge < -0.3 is 30.6 Å². The van der Waals surface area contributed by atoms with Crippen LogP contribution in [0.15, 0.2) is 0 Å². The van der Waals surface area contributed by atoms with Gasteiger partial charge in [-0.2, -0.15) is 0 Å². The second-order valence-corrected chi connectivity index (χ2v) is 5.25. The van der Waals surface area contributed by atoms with E-state index < -0.39 is 11.7 Å². The summed E-state index contributed by atoms with van der Waals surface area (Å²) < 4.78 is 14.5. The standard InChI is InChI=1S/C10H19NO5.C4H12N2/c1-10(2,3)16-9(13)11-4-5-14-6-7-15-8-12;1-6-4-2-3-5/h8H,4-7H2,1-3H3,(H,11,13);6H,2-5H2,1H3. The Morgan fingerprint density at radius 1 is 1.18 bits per heavy atom. The highest BCUT2D eigenvalue weighted by Crippen LogP contribution is 2.05. The Morgan fingerprint density at radius 3 is 2.32 bits per heavy atom. The van der Waals surface area contributed by atoms with E-state index in [1.807, 2.05) is 7.05 Å². The van der Waals surface area contributed by atoms with Gasteiger partial charge in [0.25, 0.3) is 6.47 Å². The number of nitrogens with one attached hydrogen (secondary N) is 2. The van der Waals surface area contributed by atoms with Crippen LogP contribution in [0.2, 0.25) is 0 Å². The van der Waals surface area contributed by atoms with E-state index >= 15 is 0 Å². The number of nitrogens with two attached hydrogens (primary N) is 1. The molecule has 0 unspecified atom stereocenters. The lowest BCUT2D eigenvalue weighted by Gasteiger charge is -2.19. The normalized spacial score (nSPS) is 10.2. The van der Waals surface area contributed by atoms with Crippen molar-refractivity contribution in [2.24, 2.45) is 5.73 Å². The van der Waals surface area contributed by atoms with E-state index in [0.29, 0.717) is 26.2 Å². The summed E-state index contributed by atoms with van der Waals surface area (Å²) in [5.41, 5.74) is 4.68. The first-order chi connectivity index (χ1) is 10.4. The number of alkyl carbamates (subject to hydrolysis) is 1. The molecule has 0 aliphatic heterocycles. The predicted molar refractivity (Wildman–Crippen MR) is 84.7 cm³/mol. The highest BCUT2D eigenvalue weighted by atomic mass is 16.6. The van der Waals surface area contributed by atoms with E-state index in [4.69, 9.17) is 15.2 Å². The fraction of sp³-hybridized carbons (Fsp3) is 0.857. The van der Waals surface area contributed by atoms with Gasteiger partial charge in [0.15, 0.2) is 0 Å². The number of ether oxygens (including phenoxy) is 3. The molecule has 1 amide bonds. The Bertz CT molecular complexity index is 266. The third-order valence-corrected chi connectivity index (χ3v) is 1.96. The molecular formula is C14H31N3O5. The highest BCUT2D eigenvalue weighted by Gasteiger charge is 2.15. The van der Waals surface area contributed by atoms with Crippen LogP contribution in [0.25, 0.3) is 0 Å². The number of carbonyl (C=O) groups is 2. The minimum Gasteiger partial charge on any atom is -0.465 e. The summed E-state index contributed by atoms with van der Waals surface area (Å²) in [6.07, 6.45) is 0.608. The van der Waals surface area contributed by atoms with Crippen LogP contribution < -0.4 is 16.4 Å². The van der Waals surface area contributed by atoms with Crippen LogP contribution in [-0.2, 0) is 19.0 Å². The van der Waals surface area contributed by atoms with Gasteiger partial charge in [0.2, 0.25) is 0 Å². The Kier molecular flexibility index (Phi) is 16.6. The molecule has 0 fully saturated rings. The molecule has 22 heavy (non-hydrogen) atoms. The first-order valence-corrected chi connectivity index (χ1v) is 7.32. The lowest BCUT2D eigenvalue weighted by Crippen LogP contribution is -2.34. The molecule has 8 nitrogen and oxygen atoms in total. The zero-order valence-electron chi connectivity index (χ0n) is 14.1. The SMILES string of the molecule is CC(C)(C)OC(=O)NCCOCCOC=O.CNCCCN. The second kappa shape index (κ2) is 16.0. The molecule has 0 heterocycles. The van der Waals surface area contributed by atoms with Gasteiger partial charge in [-0.05, 0) is 47.3 Å².